The van der Waals surface area contributed by atoms with Crippen LogP contribution in [0.25, 0.3) is 0 Å². The molecule has 0 aromatic carbocycles. The molecular weight excluding hydrogens is 357 g/mol. The van der Waals surface area contributed by atoms with Crippen molar-refractivity contribution in [1.82, 2.24) is 4.98 Å². The third-order valence-electron chi connectivity index (χ3n) is 2.96. The summed E-state index contributed by atoms with van der Waals surface area (Å²) in [6.45, 7) is 14.9. The zero-order valence-electron chi connectivity index (χ0n) is 16.9. The summed E-state index contributed by atoms with van der Waals surface area (Å²) in [4.78, 5) is 8.09. The van der Waals surface area contributed by atoms with Gasteiger partial charge in [-0.1, -0.05) is 12.6 Å². The Morgan fingerprint density at radius 2 is 1.59 bits per heavy atom. The van der Waals surface area contributed by atoms with Gasteiger partial charge in [-0.15, -0.1) is 0 Å². The topological polar surface area (TPSA) is 43.7 Å². The normalized spacial score (nSPS) is 14.5. The van der Waals surface area contributed by atoms with Crippen molar-refractivity contribution in [1.29, 1.82) is 0 Å². The molecule has 7 heteroatoms. The molecular formula is C20H27F3N2O2. The van der Waals surface area contributed by atoms with Crippen LogP contribution in [0.2, 0.25) is 0 Å². The molecule has 27 heavy (non-hydrogen) atoms. The molecule has 0 N–H and O–H groups in total. The third kappa shape index (κ3) is 7.85. The number of hydrogen-bond donors (Lipinski definition) is 0. The molecule has 150 valence electrons. The van der Waals surface area contributed by atoms with Gasteiger partial charge >= 0.3 is 6.18 Å². The van der Waals surface area contributed by atoms with Crippen LogP contribution in [0.5, 0.6) is 0 Å². The fourth-order valence-electron chi connectivity index (χ4n) is 2.03. The van der Waals surface area contributed by atoms with Gasteiger partial charge in [-0.2, -0.15) is 13.2 Å². The molecule has 0 aliphatic rings. The number of halogens is 3. The molecule has 0 saturated carbocycles. The van der Waals surface area contributed by atoms with Gasteiger partial charge < -0.3 is 9.47 Å². The highest BCUT2D eigenvalue weighted by Crippen LogP contribution is 2.37. The summed E-state index contributed by atoms with van der Waals surface area (Å²) in [7, 11) is 0. The van der Waals surface area contributed by atoms with Crippen LogP contribution in [0, 0.1) is 0 Å². The molecule has 4 nitrogen and oxygen atoms in total. The number of hydrogen-bond acceptors (Lipinski definition) is 4. The lowest BCUT2D eigenvalue weighted by Crippen LogP contribution is -2.27. The summed E-state index contributed by atoms with van der Waals surface area (Å²) in [6.07, 6.45) is -1.68. The van der Waals surface area contributed by atoms with Crippen LogP contribution in [0.3, 0.4) is 0 Å². The van der Waals surface area contributed by atoms with Gasteiger partial charge in [0.05, 0.1) is 5.71 Å². The van der Waals surface area contributed by atoms with Gasteiger partial charge in [0.2, 0.25) is 5.88 Å². The van der Waals surface area contributed by atoms with Crippen molar-refractivity contribution in [3.8, 4) is 0 Å². The summed E-state index contributed by atoms with van der Waals surface area (Å²) >= 11 is 0. The quantitative estimate of drug-likeness (QED) is 0.366. The lowest BCUT2D eigenvalue weighted by molar-refractivity contribution is -0.103. The largest absolute Gasteiger partial charge is 0.488 e. The first-order chi connectivity index (χ1) is 12.1. The number of pyridine rings is 1. The number of rotatable bonds is 5. The Morgan fingerprint density at radius 3 is 2.00 bits per heavy atom. The Labute approximate surface area is 158 Å². The molecule has 0 unspecified atom stereocenters. The summed E-state index contributed by atoms with van der Waals surface area (Å²) in [5, 5.41) is 0. The summed E-state index contributed by atoms with van der Waals surface area (Å²) in [5.41, 5.74) is -2.01. The molecule has 1 aromatic rings. The van der Waals surface area contributed by atoms with E-state index in [9.17, 15) is 13.2 Å². The van der Waals surface area contributed by atoms with Crippen LogP contribution in [-0.4, -0.2) is 28.1 Å². The molecule has 0 spiro atoms. The molecule has 1 aromatic heterocycles. The van der Waals surface area contributed by atoms with Gasteiger partial charge in [-0.05, 0) is 54.5 Å². The maximum atomic E-state index is 13.9. The second kappa shape index (κ2) is 8.15. The van der Waals surface area contributed by atoms with E-state index in [1.54, 1.807) is 66.8 Å². The second-order valence-electron chi connectivity index (χ2n) is 7.97. The highest BCUT2D eigenvalue weighted by molar-refractivity contribution is 5.98. The number of aliphatic imine (C=N–C) groups is 1. The number of nitrogens with zero attached hydrogens (tertiary/aromatic N) is 2. The molecule has 1 rings (SSSR count). The van der Waals surface area contributed by atoms with Crippen LogP contribution in [-0.2, 0) is 9.47 Å². The monoisotopic (exact) mass is 384 g/mol. The van der Waals surface area contributed by atoms with E-state index >= 15 is 0 Å². The van der Waals surface area contributed by atoms with E-state index in [0.29, 0.717) is 11.3 Å². The minimum Gasteiger partial charge on any atom is -0.488 e. The van der Waals surface area contributed by atoms with E-state index in [1.807, 2.05) is 0 Å². The van der Waals surface area contributed by atoms with Crippen LogP contribution in [0.4, 0.5) is 13.2 Å². The fourth-order valence-corrected chi connectivity index (χ4v) is 2.03. The molecule has 0 atom stereocenters. The third-order valence-corrected chi connectivity index (χ3v) is 2.96. The highest BCUT2D eigenvalue weighted by Gasteiger charge is 2.42. The minimum atomic E-state index is -4.76. The smallest absolute Gasteiger partial charge is 0.425 e. The van der Waals surface area contributed by atoms with Gasteiger partial charge in [0.1, 0.15) is 17.0 Å². The van der Waals surface area contributed by atoms with E-state index in [0.717, 1.165) is 0 Å². The first kappa shape index (κ1) is 22.7. The number of aromatic nitrogens is 1. The van der Waals surface area contributed by atoms with Gasteiger partial charge in [0.15, 0.2) is 5.57 Å². The highest BCUT2D eigenvalue weighted by atomic mass is 19.4. The molecule has 0 amide bonds. The van der Waals surface area contributed by atoms with E-state index in [-0.39, 0.29) is 0 Å². The molecule has 0 fully saturated rings. The van der Waals surface area contributed by atoms with Crippen LogP contribution in [0.1, 0.15) is 54.0 Å². The standard InChI is InChI=1S/C20H27F3N2O2/c1-13(15-10-9-11-24-12-15)25-17(27-19(6,7)8)16(20(21,22)23)14(2)26-18(3,4)5/h9-12H,2H2,1,3-8H3/b17-16-,25-13?. The van der Waals surface area contributed by atoms with Crippen molar-refractivity contribution in [2.75, 3.05) is 0 Å². The van der Waals surface area contributed by atoms with E-state index in [4.69, 9.17) is 9.47 Å². The van der Waals surface area contributed by atoms with E-state index in [2.05, 4.69) is 16.6 Å². The Morgan fingerprint density at radius 1 is 1.04 bits per heavy atom. The summed E-state index contributed by atoms with van der Waals surface area (Å²) < 4.78 is 52.5. The molecule has 0 bridgehead atoms. The summed E-state index contributed by atoms with van der Waals surface area (Å²) in [5.74, 6) is -1.14. The van der Waals surface area contributed by atoms with Crippen LogP contribution in [0.15, 0.2) is 53.3 Å². The van der Waals surface area contributed by atoms with Crippen molar-refractivity contribution < 1.29 is 22.6 Å². The number of alkyl halides is 3. The van der Waals surface area contributed by atoms with Gasteiger partial charge in [-0.3, -0.25) is 4.98 Å². The lowest BCUT2D eigenvalue weighted by atomic mass is 10.1. The predicted octanol–water partition coefficient (Wildman–Crippen LogP) is 5.81. The Kier molecular flexibility index (Phi) is 6.86. The van der Waals surface area contributed by atoms with Crippen molar-refractivity contribution in [2.45, 2.75) is 65.8 Å². The fraction of sp³-hybridized carbons (Fsp3) is 0.500. The Bertz CT molecular complexity index is 722. The molecule has 0 radical (unpaired) electrons. The second-order valence-corrected chi connectivity index (χ2v) is 7.97. The molecule has 0 aliphatic carbocycles. The minimum absolute atomic E-state index is 0.327. The predicted molar refractivity (Wildman–Crippen MR) is 100 cm³/mol. The van der Waals surface area contributed by atoms with Crippen LogP contribution < -0.4 is 0 Å². The van der Waals surface area contributed by atoms with Crippen molar-refractivity contribution in [3.63, 3.8) is 0 Å². The average Bonchev–Trinajstić information content (AvgIpc) is 2.42. The van der Waals surface area contributed by atoms with Gasteiger partial charge in [0, 0.05) is 18.0 Å². The zero-order valence-corrected chi connectivity index (χ0v) is 16.9. The van der Waals surface area contributed by atoms with Crippen LogP contribution >= 0.6 is 0 Å². The summed E-state index contributed by atoms with van der Waals surface area (Å²) in [6, 6.07) is 3.38. The van der Waals surface area contributed by atoms with Crippen molar-refractivity contribution >= 4 is 5.71 Å². The Balaban J connectivity index is 3.60. The lowest BCUT2D eigenvalue weighted by Gasteiger charge is -2.28. The Hall–Kier alpha value is -2.31. The molecule has 0 aliphatic heterocycles. The molecule has 1 heterocycles. The molecule has 0 saturated heterocycles. The van der Waals surface area contributed by atoms with Gasteiger partial charge in [0.25, 0.3) is 0 Å². The number of ether oxygens (including phenoxy) is 2. The maximum absolute atomic E-state index is 13.9. The SMILES string of the molecule is C=C(OC(C)(C)C)/C(=C(\N=C(C)c1cccnc1)OC(C)(C)C)C(F)(F)F. The van der Waals surface area contributed by atoms with E-state index in [1.165, 1.54) is 6.20 Å². The van der Waals surface area contributed by atoms with Crippen molar-refractivity contribution in [2.24, 2.45) is 4.99 Å². The maximum Gasteiger partial charge on any atom is 0.425 e. The van der Waals surface area contributed by atoms with Gasteiger partial charge in [-0.25, -0.2) is 4.99 Å². The first-order valence-electron chi connectivity index (χ1n) is 8.44. The first-order valence-corrected chi connectivity index (χ1v) is 8.44. The van der Waals surface area contributed by atoms with Crippen molar-refractivity contribution in [3.05, 3.63) is 53.9 Å². The number of allylic oxidation sites excluding steroid dienone is 1. The van der Waals surface area contributed by atoms with E-state index < -0.39 is 34.6 Å². The zero-order chi connectivity index (χ0) is 21.0. The average molecular weight is 384 g/mol.